The van der Waals surface area contributed by atoms with Crippen LogP contribution >= 0.6 is 0 Å². The molecule has 0 aliphatic heterocycles. The van der Waals surface area contributed by atoms with E-state index in [1.165, 1.54) is 24.8 Å². The first-order valence-corrected chi connectivity index (χ1v) is 7.40. The molecule has 0 saturated heterocycles. The van der Waals surface area contributed by atoms with Crippen molar-refractivity contribution in [3.8, 4) is 0 Å². The molecule has 2 nitrogen and oxygen atoms in total. The van der Waals surface area contributed by atoms with Crippen LogP contribution in [-0.2, 0) is 0 Å². The lowest BCUT2D eigenvalue weighted by atomic mass is 9.47. The van der Waals surface area contributed by atoms with Crippen LogP contribution in [0.15, 0.2) is 11.6 Å². The number of aliphatic hydroxyl groups excluding tert-OH is 2. The van der Waals surface area contributed by atoms with Crippen molar-refractivity contribution in [2.24, 2.45) is 22.7 Å². The molecule has 0 aromatic heterocycles. The highest BCUT2D eigenvalue weighted by Gasteiger charge is 2.53. The van der Waals surface area contributed by atoms with Gasteiger partial charge in [-0.15, -0.1) is 0 Å². The molecule has 1 saturated carbocycles. The van der Waals surface area contributed by atoms with Gasteiger partial charge in [-0.05, 0) is 60.3 Å². The van der Waals surface area contributed by atoms with Crippen molar-refractivity contribution in [3.05, 3.63) is 11.6 Å². The largest absolute Gasteiger partial charge is 0.396 e. The maximum absolute atomic E-state index is 9.64. The van der Waals surface area contributed by atoms with Gasteiger partial charge in [0.25, 0.3) is 0 Å². The van der Waals surface area contributed by atoms with Crippen LogP contribution in [0.3, 0.4) is 0 Å². The van der Waals surface area contributed by atoms with Crippen LogP contribution in [0, 0.1) is 22.7 Å². The Labute approximate surface area is 111 Å². The first kappa shape index (κ1) is 14.1. The van der Waals surface area contributed by atoms with E-state index in [4.69, 9.17) is 0 Å². The normalized spacial score (nSPS) is 44.4. The molecule has 2 N–H and O–H groups in total. The summed E-state index contributed by atoms with van der Waals surface area (Å²) in [7, 11) is 0. The van der Waals surface area contributed by atoms with Gasteiger partial charge in [-0.1, -0.05) is 26.8 Å². The SMILES string of the molecule is CC1CCC2(C)C(CO)=CCCC2C1(C)CCO. The molecule has 0 heterocycles. The van der Waals surface area contributed by atoms with Crippen LogP contribution in [0.5, 0.6) is 0 Å². The summed E-state index contributed by atoms with van der Waals surface area (Å²) in [4.78, 5) is 0. The highest BCUT2D eigenvalue weighted by Crippen LogP contribution is 2.61. The minimum atomic E-state index is 0.156. The maximum Gasteiger partial charge on any atom is 0.0647 e. The van der Waals surface area contributed by atoms with Crippen LogP contribution in [0.1, 0.15) is 52.9 Å². The van der Waals surface area contributed by atoms with Gasteiger partial charge in [-0.25, -0.2) is 0 Å². The number of hydrogen-bond donors (Lipinski definition) is 2. The minimum Gasteiger partial charge on any atom is -0.396 e. The zero-order valence-electron chi connectivity index (χ0n) is 12.1. The van der Waals surface area contributed by atoms with Gasteiger partial charge < -0.3 is 10.2 Å². The molecule has 0 aromatic rings. The second-order valence-corrected chi connectivity index (χ2v) is 6.85. The Morgan fingerprint density at radius 3 is 2.61 bits per heavy atom. The monoisotopic (exact) mass is 252 g/mol. The summed E-state index contributed by atoms with van der Waals surface area (Å²) in [6.45, 7) is 7.52. The Kier molecular flexibility index (Phi) is 3.89. The van der Waals surface area contributed by atoms with Gasteiger partial charge in [0.15, 0.2) is 0 Å². The van der Waals surface area contributed by atoms with Crippen molar-refractivity contribution in [3.63, 3.8) is 0 Å². The van der Waals surface area contributed by atoms with E-state index in [2.05, 4.69) is 26.8 Å². The summed E-state index contributed by atoms with van der Waals surface area (Å²) in [6, 6.07) is 0. The summed E-state index contributed by atoms with van der Waals surface area (Å²) in [6.07, 6.45) is 7.84. The smallest absolute Gasteiger partial charge is 0.0647 e. The molecule has 4 unspecified atom stereocenters. The van der Waals surface area contributed by atoms with Crippen molar-refractivity contribution in [2.45, 2.75) is 52.9 Å². The van der Waals surface area contributed by atoms with Gasteiger partial charge in [0, 0.05) is 6.61 Å². The fourth-order valence-electron chi connectivity index (χ4n) is 4.69. The van der Waals surface area contributed by atoms with Crippen molar-refractivity contribution in [1.82, 2.24) is 0 Å². The van der Waals surface area contributed by atoms with Crippen LogP contribution < -0.4 is 0 Å². The molecule has 0 amide bonds. The lowest BCUT2D eigenvalue weighted by Crippen LogP contribution is -2.50. The number of fused-ring (bicyclic) bond motifs is 1. The van der Waals surface area contributed by atoms with E-state index in [0.29, 0.717) is 11.8 Å². The van der Waals surface area contributed by atoms with E-state index in [-0.39, 0.29) is 24.0 Å². The van der Waals surface area contributed by atoms with Gasteiger partial charge in [-0.3, -0.25) is 0 Å². The van der Waals surface area contributed by atoms with Crippen molar-refractivity contribution in [2.75, 3.05) is 13.2 Å². The Morgan fingerprint density at radius 2 is 2.00 bits per heavy atom. The topological polar surface area (TPSA) is 40.5 Å². The number of aliphatic hydroxyl groups is 2. The maximum atomic E-state index is 9.64. The molecule has 2 heteroatoms. The average Bonchev–Trinajstić information content (AvgIpc) is 2.35. The summed E-state index contributed by atoms with van der Waals surface area (Å²) in [5.74, 6) is 1.27. The third-order valence-corrected chi connectivity index (χ3v) is 6.19. The van der Waals surface area contributed by atoms with E-state index < -0.39 is 0 Å². The summed E-state index contributed by atoms with van der Waals surface area (Å²) in [5.41, 5.74) is 1.62. The summed E-state index contributed by atoms with van der Waals surface area (Å²) >= 11 is 0. The first-order chi connectivity index (χ1) is 8.49. The second kappa shape index (κ2) is 4.97. The average molecular weight is 252 g/mol. The molecule has 0 aromatic carbocycles. The molecular formula is C16H28O2. The molecule has 18 heavy (non-hydrogen) atoms. The Balaban J connectivity index is 2.37. The second-order valence-electron chi connectivity index (χ2n) is 6.85. The molecule has 1 fully saturated rings. The molecular weight excluding hydrogens is 224 g/mol. The van der Waals surface area contributed by atoms with Crippen LogP contribution in [0.2, 0.25) is 0 Å². The van der Waals surface area contributed by atoms with Gasteiger partial charge in [0.2, 0.25) is 0 Å². The van der Waals surface area contributed by atoms with Gasteiger partial charge in [-0.2, -0.15) is 0 Å². The predicted molar refractivity (Wildman–Crippen MR) is 74.2 cm³/mol. The molecule has 2 aliphatic rings. The number of allylic oxidation sites excluding steroid dienone is 1. The van der Waals surface area contributed by atoms with Gasteiger partial charge in [0.05, 0.1) is 6.61 Å². The third kappa shape index (κ3) is 1.94. The standard InChI is InChI=1S/C16H28O2/c1-12-7-8-16(3)13(11-18)5-4-6-14(16)15(12,2)9-10-17/h5,12,14,17-18H,4,6-11H2,1-3H3. The number of rotatable bonds is 3. The zero-order valence-corrected chi connectivity index (χ0v) is 12.1. The zero-order chi connectivity index (χ0) is 13.4. The van der Waals surface area contributed by atoms with E-state index in [1.54, 1.807) is 0 Å². The van der Waals surface area contributed by atoms with Crippen molar-refractivity contribution < 1.29 is 10.2 Å². The van der Waals surface area contributed by atoms with Crippen LogP contribution in [0.4, 0.5) is 0 Å². The van der Waals surface area contributed by atoms with Crippen molar-refractivity contribution >= 4 is 0 Å². The molecule has 2 aliphatic carbocycles. The highest BCUT2D eigenvalue weighted by atomic mass is 16.3. The lowest BCUT2D eigenvalue weighted by Gasteiger charge is -2.58. The molecule has 4 atom stereocenters. The van der Waals surface area contributed by atoms with E-state index in [9.17, 15) is 10.2 Å². The number of hydrogen-bond acceptors (Lipinski definition) is 2. The van der Waals surface area contributed by atoms with E-state index in [0.717, 1.165) is 12.8 Å². The van der Waals surface area contributed by atoms with Crippen LogP contribution in [-0.4, -0.2) is 23.4 Å². The molecule has 0 spiro atoms. The molecule has 104 valence electrons. The van der Waals surface area contributed by atoms with Crippen LogP contribution in [0.25, 0.3) is 0 Å². The molecule has 0 radical (unpaired) electrons. The summed E-state index contributed by atoms with van der Waals surface area (Å²) < 4.78 is 0. The quantitative estimate of drug-likeness (QED) is 0.758. The van der Waals surface area contributed by atoms with Crippen molar-refractivity contribution in [1.29, 1.82) is 0 Å². The lowest BCUT2D eigenvalue weighted by molar-refractivity contribution is -0.0585. The fraction of sp³-hybridized carbons (Fsp3) is 0.875. The van der Waals surface area contributed by atoms with Gasteiger partial charge in [0.1, 0.15) is 0 Å². The van der Waals surface area contributed by atoms with Gasteiger partial charge >= 0.3 is 0 Å². The molecule has 0 bridgehead atoms. The fourth-order valence-corrected chi connectivity index (χ4v) is 4.69. The van der Waals surface area contributed by atoms with E-state index in [1.807, 2.05) is 0 Å². The third-order valence-electron chi connectivity index (χ3n) is 6.19. The minimum absolute atomic E-state index is 0.156. The summed E-state index contributed by atoms with van der Waals surface area (Å²) in [5, 5.41) is 19.1. The predicted octanol–water partition coefficient (Wildman–Crippen LogP) is 3.14. The Morgan fingerprint density at radius 1 is 1.28 bits per heavy atom. The first-order valence-electron chi connectivity index (χ1n) is 7.40. The Hall–Kier alpha value is -0.340. The highest BCUT2D eigenvalue weighted by molar-refractivity contribution is 5.22. The molecule has 2 rings (SSSR count). The Bertz CT molecular complexity index is 336. The van der Waals surface area contributed by atoms with E-state index >= 15 is 0 Å².